The van der Waals surface area contributed by atoms with Crippen LogP contribution in [-0.4, -0.2) is 22.3 Å². The first-order chi connectivity index (χ1) is 8.38. The van der Waals surface area contributed by atoms with Gasteiger partial charge in [-0.1, -0.05) is 0 Å². The highest BCUT2D eigenvalue weighted by Crippen LogP contribution is 2.48. The van der Waals surface area contributed by atoms with Gasteiger partial charge in [-0.25, -0.2) is 0 Å². The van der Waals surface area contributed by atoms with E-state index in [0.29, 0.717) is 11.8 Å². The average molecular weight is 229 g/mol. The van der Waals surface area contributed by atoms with Crippen LogP contribution in [0.1, 0.15) is 35.9 Å². The third-order valence-electron chi connectivity index (χ3n) is 3.57. The van der Waals surface area contributed by atoms with Crippen molar-refractivity contribution in [2.24, 2.45) is 0 Å². The molecule has 0 amide bonds. The van der Waals surface area contributed by atoms with E-state index in [9.17, 15) is 0 Å². The third-order valence-corrected chi connectivity index (χ3v) is 3.57. The Hall–Kier alpha value is -1.84. The lowest BCUT2D eigenvalue weighted by Crippen LogP contribution is -2.21. The normalized spacial score (nSPS) is 23.1. The van der Waals surface area contributed by atoms with Crippen LogP contribution in [0.15, 0.2) is 30.7 Å². The van der Waals surface area contributed by atoms with Crippen molar-refractivity contribution >= 4 is 0 Å². The molecule has 0 unspecified atom stereocenters. The molecule has 3 rings (SSSR count). The van der Waals surface area contributed by atoms with E-state index in [-0.39, 0.29) is 0 Å². The fourth-order valence-corrected chi connectivity index (χ4v) is 2.51. The molecule has 4 heteroatoms. The van der Waals surface area contributed by atoms with E-state index in [4.69, 9.17) is 4.74 Å². The first-order valence-electron chi connectivity index (χ1n) is 5.85. The fraction of sp³-hybridized carbons (Fsp3) is 0.385. The molecule has 0 spiro atoms. The Labute approximate surface area is 100 Å². The van der Waals surface area contributed by atoms with Crippen LogP contribution in [0.3, 0.4) is 0 Å². The molecule has 17 heavy (non-hydrogen) atoms. The molecule has 0 bridgehead atoms. The molecule has 0 radical (unpaired) electrons. The molecule has 0 atom stereocenters. The summed E-state index contributed by atoms with van der Waals surface area (Å²) < 4.78 is 5.37. The quantitative estimate of drug-likeness (QED) is 0.879. The van der Waals surface area contributed by atoms with E-state index in [1.54, 1.807) is 13.3 Å². The molecule has 0 aromatic carbocycles. The van der Waals surface area contributed by atoms with E-state index in [2.05, 4.69) is 21.2 Å². The Bertz CT molecular complexity index is 489. The van der Waals surface area contributed by atoms with Crippen LogP contribution in [0.2, 0.25) is 0 Å². The van der Waals surface area contributed by atoms with E-state index in [0.717, 1.165) is 18.6 Å². The summed E-state index contributed by atoms with van der Waals surface area (Å²) >= 11 is 0. The van der Waals surface area contributed by atoms with Gasteiger partial charge in [0, 0.05) is 35.8 Å². The van der Waals surface area contributed by atoms with E-state index >= 15 is 0 Å². The van der Waals surface area contributed by atoms with Crippen molar-refractivity contribution in [1.82, 2.24) is 15.2 Å². The predicted molar refractivity (Wildman–Crippen MR) is 64.1 cm³/mol. The van der Waals surface area contributed by atoms with Crippen molar-refractivity contribution in [2.75, 3.05) is 7.11 Å². The zero-order valence-electron chi connectivity index (χ0n) is 9.76. The lowest BCUT2D eigenvalue weighted by Gasteiger charge is -2.35. The van der Waals surface area contributed by atoms with Crippen LogP contribution >= 0.6 is 0 Å². The molecule has 88 valence electrons. The Kier molecular flexibility index (Phi) is 2.55. The van der Waals surface area contributed by atoms with Crippen molar-refractivity contribution in [1.29, 1.82) is 0 Å². The number of H-pyrrole nitrogens is 1. The van der Waals surface area contributed by atoms with Gasteiger partial charge >= 0.3 is 0 Å². The number of rotatable bonds is 3. The number of aromatic nitrogens is 3. The summed E-state index contributed by atoms with van der Waals surface area (Å²) in [5, 5.41) is 7.04. The molecule has 2 aromatic heterocycles. The third kappa shape index (κ3) is 1.79. The summed E-state index contributed by atoms with van der Waals surface area (Å²) in [6.07, 6.45) is 7.79. The van der Waals surface area contributed by atoms with Crippen molar-refractivity contribution < 1.29 is 4.74 Å². The minimum Gasteiger partial charge on any atom is -0.496 e. The van der Waals surface area contributed by atoms with Gasteiger partial charge in [-0.2, -0.15) is 5.10 Å². The van der Waals surface area contributed by atoms with E-state index in [1.165, 1.54) is 11.3 Å². The van der Waals surface area contributed by atoms with Gasteiger partial charge in [-0.05, 0) is 30.9 Å². The highest BCUT2D eigenvalue weighted by Gasteiger charge is 2.33. The molecule has 1 N–H and O–H groups in total. The maximum atomic E-state index is 5.37. The van der Waals surface area contributed by atoms with Gasteiger partial charge in [0.25, 0.3) is 0 Å². The van der Waals surface area contributed by atoms with Crippen LogP contribution < -0.4 is 4.74 Å². The van der Waals surface area contributed by atoms with Gasteiger partial charge in [0.1, 0.15) is 5.75 Å². The van der Waals surface area contributed by atoms with Crippen LogP contribution in [-0.2, 0) is 0 Å². The maximum Gasteiger partial charge on any atom is 0.125 e. The molecule has 1 saturated carbocycles. The standard InChI is InChI=1S/C13H15N3O/c1-17-13-3-4-14-8-11(13)9-6-10(7-9)12-2-5-15-16-12/h2-5,8-10H,6-7H2,1H3,(H,15,16). The Morgan fingerprint density at radius 2 is 2.12 bits per heavy atom. The molecule has 1 aliphatic carbocycles. The molecular formula is C13H15N3O. The SMILES string of the molecule is COc1ccncc1C1CC(c2ccn[nH]2)C1. The monoisotopic (exact) mass is 229 g/mol. The van der Waals surface area contributed by atoms with Crippen molar-refractivity contribution in [2.45, 2.75) is 24.7 Å². The molecule has 1 fully saturated rings. The Balaban J connectivity index is 1.73. The number of methoxy groups -OCH3 is 1. The minimum atomic E-state index is 0.562. The van der Waals surface area contributed by atoms with Crippen molar-refractivity contribution in [3.05, 3.63) is 42.0 Å². The largest absolute Gasteiger partial charge is 0.496 e. The van der Waals surface area contributed by atoms with Gasteiger partial charge in [-0.3, -0.25) is 10.1 Å². The van der Waals surface area contributed by atoms with Crippen LogP contribution in [0, 0.1) is 0 Å². The fourth-order valence-electron chi connectivity index (χ4n) is 2.51. The number of hydrogen-bond acceptors (Lipinski definition) is 3. The summed E-state index contributed by atoms with van der Waals surface area (Å²) in [6.45, 7) is 0. The lowest BCUT2D eigenvalue weighted by atomic mass is 9.70. The second-order valence-electron chi connectivity index (χ2n) is 4.49. The zero-order chi connectivity index (χ0) is 11.7. The molecule has 4 nitrogen and oxygen atoms in total. The summed E-state index contributed by atoms with van der Waals surface area (Å²) in [6, 6.07) is 3.99. The van der Waals surface area contributed by atoms with Crippen molar-refractivity contribution in [3.63, 3.8) is 0 Å². The molecule has 0 aliphatic heterocycles. The number of aromatic amines is 1. The summed E-state index contributed by atoms with van der Waals surface area (Å²) in [5.74, 6) is 2.12. The van der Waals surface area contributed by atoms with Gasteiger partial charge in [-0.15, -0.1) is 0 Å². The molecule has 1 aliphatic rings. The predicted octanol–water partition coefficient (Wildman–Crippen LogP) is 2.47. The van der Waals surface area contributed by atoms with E-state index in [1.807, 2.05) is 18.5 Å². The molecule has 2 heterocycles. The Morgan fingerprint density at radius 3 is 2.82 bits per heavy atom. The summed E-state index contributed by atoms with van der Waals surface area (Å²) in [4.78, 5) is 4.18. The topological polar surface area (TPSA) is 50.8 Å². The first-order valence-corrected chi connectivity index (χ1v) is 5.85. The average Bonchev–Trinajstić information content (AvgIpc) is 2.81. The number of ether oxygens (including phenoxy) is 1. The lowest BCUT2D eigenvalue weighted by molar-refractivity contribution is 0.327. The Morgan fingerprint density at radius 1 is 1.24 bits per heavy atom. The van der Waals surface area contributed by atoms with Gasteiger partial charge in [0.15, 0.2) is 0 Å². The summed E-state index contributed by atoms with van der Waals surface area (Å²) in [5.41, 5.74) is 2.47. The van der Waals surface area contributed by atoms with Crippen molar-refractivity contribution in [3.8, 4) is 5.75 Å². The highest BCUT2D eigenvalue weighted by molar-refractivity contribution is 5.36. The summed E-state index contributed by atoms with van der Waals surface area (Å²) in [7, 11) is 1.71. The zero-order valence-corrected chi connectivity index (χ0v) is 9.76. The van der Waals surface area contributed by atoms with Gasteiger partial charge in [0.2, 0.25) is 0 Å². The molecular weight excluding hydrogens is 214 g/mol. The molecule has 0 saturated heterocycles. The highest BCUT2D eigenvalue weighted by atomic mass is 16.5. The number of nitrogens with zero attached hydrogens (tertiary/aromatic N) is 2. The second-order valence-corrected chi connectivity index (χ2v) is 4.49. The van der Waals surface area contributed by atoms with Gasteiger partial charge in [0.05, 0.1) is 7.11 Å². The second kappa shape index (κ2) is 4.20. The smallest absolute Gasteiger partial charge is 0.125 e. The van der Waals surface area contributed by atoms with Crippen LogP contribution in [0.25, 0.3) is 0 Å². The number of pyridine rings is 1. The van der Waals surface area contributed by atoms with Crippen LogP contribution in [0.5, 0.6) is 5.75 Å². The number of hydrogen-bond donors (Lipinski definition) is 1. The van der Waals surface area contributed by atoms with Crippen LogP contribution in [0.4, 0.5) is 0 Å². The minimum absolute atomic E-state index is 0.562. The number of nitrogens with one attached hydrogen (secondary N) is 1. The molecule has 2 aromatic rings. The van der Waals surface area contributed by atoms with Gasteiger partial charge < -0.3 is 4.74 Å². The van der Waals surface area contributed by atoms with E-state index < -0.39 is 0 Å². The first kappa shape index (κ1) is 10.3. The maximum absolute atomic E-state index is 5.37.